The first-order valence-electron chi connectivity index (χ1n) is 4.65. The van der Waals surface area contributed by atoms with Crippen LogP contribution in [0.4, 0.5) is 5.69 Å². The minimum absolute atomic E-state index is 0.592. The Morgan fingerprint density at radius 2 is 2.21 bits per heavy atom. The lowest BCUT2D eigenvalue weighted by Crippen LogP contribution is -2.36. The average molecular weight is 187 g/mol. The Kier molecular flexibility index (Phi) is 2.66. The molecule has 0 saturated carbocycles. The standard InChI is InChI=1S/C11H11N2O/c12-9-10-2-1-3-11(8-10)13-4-6-14-7-5-13/h1,3,8H,4-7H2. The number of rotatable bonds is 1. The van der Waals surface area contributed by atoms with Gasteiger partial charge >= 0.3 is 0 Å². The maximum Gasteiger partial charge on any atom is 0.0998 e. The van der Waals surface area contributed by atoms with E-state index in [1.54, 1.807) is 6.07 Å². The van der Waals surface area contributed by atoms with E-state index in [2.05, 4.69) is 17.0 Å². The van der Waals surface area contributed by atoms with Crippen molar-refractivity contribution >= 4 is 5.69 Å². The predicted octanol–water partition coefficient (Wildman–Crippen LogP) is 1.20. The molecule has 0 bridgehead atoms. The van der Waals surface area contributed by atoms with E-state index in [0.717, 1.165) is 32.0 Å². The van der Waals surface area contributed by atoms with Crippen LogP contribution >= 0.6 is 0 Å². The molecule has 71 valence electrons. The molecule has 0 N–H and O–H groups in total. The van der Waals surface area contributed by atoms with E-state index in [4.69, 9.17) is 10.00 Å². The molecular weight excluding hydrogens is 176 g/mol. The second-order valence-electron chi connectivity index (χ2n) is 3.17. The van der Waals surface area contributed by atoms with Crippen molar-refractivity contribution in [2.45, 2.75) is 0 Å². The first-order chi connectivity index (χ1) is 6.90. The van der Waals surface area contributed by atoms with Gasteiger partial charge in [-0.15, -0.1) is 0 Å². The molecule has 1 aromatic carbocycles. The topological polar surface area (TPSA) is 36.3 Å². The molecule has 0 spiro atoms. The van der Waals surface area contributed by atoms with Gasteiger partial charge < -0.3 is 9.64 Å². The maximum absolute atomic E-state index is 8.74. The molecule has 0 amide bonds. The Morgan fingerprint density at radius 1 is 1.43 bits per heavy atom. The van der Waals surface area contributed by atoms with E-state index < -0.39 is 0 Å². The molecule has 3 nitrogen and oxygen atoms in total. The van der Waals surface area contributed by atoms with Crippen LogP contribution in [0.25, 0.3) is 0 Å². The van der Waals surface area contributed by atoms with Gasteiger partial charge in [-0.05, 0) is 12.1 Å². The van der Waals surface area contributed by atoms with Gasteiger partial charge in [0.05, 0.1) is 24.8 Å². The molecule has 0 atom stereocenters. The summed E-state index contributed by atoms with van der Waals surface area (Å²) in [5.74, 6) is 0. The smallest absolute Gasteiger partial charge is 0.0998 e. The molecule has 1 radical (unpaired) electrons. The van der Waals surface area contributed by atoms with Crippen LogP contribution < -0.4 is 4.90 Å². The van der Waals surface area contributed by atoms with Crippen molar-refractivity contribution < 1.29 is 4.74 Å². The van der Waals surface area contributed by atoms with Gasteiger partial charge in [0.1, 0.15) is 0 Å². The summed E-state index contributed by atoms with van der Waals surface area (Å²) in [6, 6.07) is 10.6. The predicted molar refractivity (Wildman–Crippen MR) is 53.0 cm³/mol. The van der Waals surface area contributed by atoms with Crippen molar-refractivity contribution in [2.24, 2.45) is 0 Å². The van der Waals surface area contributed by atoms with Crippen LogP contribution in [0.15, 0.2) is 18.2 Å². The molecule has 1 heterocycles. The first-order valence-corrected chi connectivity index (χ1v) is 4.65. The fraction of sp³-hybridized carbons (Fsp3) is 0.364. The molecule has 1 aliphatic heterocycles. The number of nitrogens with zero attached hydrogens (tertiary/aromatic N) is 2. The molecule has 14 heavy (non-hydrogen) atoms. The van der Waals surface area contributed by atoms with Gasteiger partial charge in [-0.25, -0.2) is 0 Å². The number of benzene rings is 1. The van der Waals surface area contributed by atoms with Crippen molar-refractivity contribution in [2.75, 3.05) is 31.2 Å². The molecule has 1 saturated heterocycles. The number of nitriles is 1. The van der Waals surface area contributed by atoms with Gasteiger partial charge in [0.15, 0.2) is 0 Å². The van der Waals surface area contributed by atoms with E-state index in [1.807, 2.05) is 12.1 Å². The van der Waals surface area contributed by atoms with Gasteiger partial charge in [-0.2, -0.15) is 5.26 Å². The largest absolute Gasteiger partial charge is 0.378 e. The van der Waals surface area contributed by atoms with Crippen molar-refractivity contribution in [1.29, 1.82) is 5.26 Å². The van der Waals surface area contributed by atoms with Crippen molar-refractivity contribution in [3.8, 4) is 6.07 Å². The van der Waals surface area contributed by atoms with Crippen LogP contribution in [0.5, 0.6) is 0 Å². The third kappa shape index (κ3) is 1.86. The van der Waals surface area contributed by atoms with Crippen LogP contribution in [-0.4, -0.2) is 26.3 Å². The number of hydrogen-bond donors (Lipinski definition) is 0. The van der Waals surface area contributed by atoms with Gasteiger partial charge in [-0.1, -0.05) is 6.07 Å². The zero-order chi connectivity index (χ0) is 9.80. The summed E-state index contributed by atoms with van der Waals surface area (Å²) in [6.07, 6.45) is 0. The van der Waals surface area contributed by atoms with Gasteiger partial charge in [0, 0.05) is 24.8 Å². The summed E-state index contributed by atoms with van der Waals surface area (Å²) in [4.78, 5) is 2.22. The zero-order valence-electron chi connectivity index (χ0n) is 7.86. The van der Waals surface area contributed by atoms with Crippen molar-refractivity contribution in [3.05, 3.63) is 29.8 Å². The van der Waals surface area contributed by atoms with Crippen LogP contribution in [-0.2, 0) is 4.74 Å². The molecule has 0 aliphatic carbocycles. The summed E-state index contributed by atoms with van der Waals surface area (Å²) in [5.41, 5.74) is 1.68. The molecule has 1 aliphatic rings. The summed E-state index contributed by atoms with van der Waals surface area (Å²) in [6.45, 7) is 3.32. The number of anilines is 1. The molecule has 0 aromatic heterocycles. The van der Waals surface area contributed by atoms with Crippen LogP contribution in [0.1, 0.15) is 5.56 Å². The third-order valence-corrected chi connectivity index (χ3v) is 2.28. The van der Waals surface area contributed by atoms with E-state index >= 15 is 0 Å². The molecule has 1 fully saturated rings. The second kappa shape index (κ2) is 4.12. The van der Waals surface area contributed by atoms with Crippen molar-refractivity contribution in [1.82, 2.24) is 0 Å². The Balaban J connectivity index is 2.18. The SMILES string of the molecule is N#Cc1[c]ccc(N2CCOCC2)c1. The molecule has 3 heteroatoms. The summed E-state index contributed by atoms with van der Waals surface area (Å²) in [7, 11) is 0. The van der Waals surface area contributed by atoms with E-state index in [-0.39, 0.29) is 0 Å². The Bertz CT molecular complexity index is 351. The van der Waals surface area contributed by atoms with E-state index in [0.29, 0.717) is 5.56 Å². The number of hydrogen-bond acceptors (Lipinski definition) is 3. The molecular formula is C11H11N2O. The van der Waals surface area contributed by atoms with Gasteiger partial charge in [-0.3, -0.25) is 0 Å². The molecule has 0 unspecified atom stereocenters. The van der Waals surface area contributed by atoms with E-state index in [1.165, 1.54) is 0 Å². The highest BCUT2D eigenvalue weighted by Crippen LogP contribution is 2.16. The van der Waals surface area contributed by atoms with Crippen LogP contribution in [0.3, 0.4) is 0 Å². The van der Waals surface area contributed by atoms with Crippen LogP contribution in [0, 0.1) is 17.4 Å². The molecule has 1 aromatic rings. The normalized spacial score (nSPS) is 16.4. The lowest BCUT2D eigenvalue weighted by molar-refractivity contribution is 0.122. The number of morpholine rings is 1. The highest BCUT2D eigenvalue weighted by molar-refractivity contribution is 5.51. The lowest BCUT2D eigenvalue weighted by Gasteiger charge is -2.28. The Hall–Kier alpha value is -1.53. The summed E-state index contributed by atoms with van der Waals surface area (Å²) in [5, 5.41) is 8.74. The highest BCUT2D eigenvalue weighted by Gasteiger charge is 2.10. The Morgan fingerprint density at radius 3 is 2.93 bits per heavy atom. The fourth-order valence-electron chi connectivity index (χ4n) is 1.54. The zero-order valence-corrected chi connectivity index (χ0v) is 7.86. The van der Waals surface area contributed by atoms with E-state index in [9.17, 15) is 0 Å². The van der Waals surface area contributed by atoms with Crippen molar-refractivity contribution in [3.63, 3.8) is 0 Å². The van der Waals surface area contributed by atoms with Gasteiger partial charge in [0.2, 0.25) is 0 Å². The molecule has 2 rings (SSSR count). The van der Waals surface area contributed by atoms with Crippen LogP contribution in [0.2, 0.25) is 0 Å². The first kappa shape index (κ1) is 9.04. The minimum Gasteiger partial charge on any atom is -0.378 e. The summed E-state index contributed by atoms with van der Waals surface area (Å²) < 4.78 is 5.26. The average Bonchev–Trinajstić information content (AvgIpc) is 2.30. The monoisotopic (exact) mass is 187 g/mol. The second-order valence-corrected chi connectivity index (χ2v) is 3.17. The number of ether oxygens (including phenoxy) is 1. The third-order valence-electron chi connectivity index (χ3n) is 2.28. The minimum atomic E-state index is 0.592. The lowest BCUT2D eigenvalue weighted by atomic mass is 10.2. The van der Waals surface area contributed by atoms with Gasteiger partial charge in [0.25, 0.3) is 0 Å². The highest BCUT2D eigenvalue weighted by atomic mass is 16.5. The quantitative estimate of drug-likeness (QED) is 0.662. The fourth-order valence-corrected chi connectivity index (χ4v) is 1.54. The Labute approximate surface area is 83.5 Å². The maximum atomic E-state index is 8.74. The summed E-state index contributed by atoms with van der Waals surface area (Å²) >= 11 is 0.